The van der Waals surface area contributed by atoms with Crippen LogP contribution in [0, 0.1) is 0 Å². The van der Waals surface area contributed by atoms with Crippen LogP contribution in [0.2, 0.25) is 5.04 Å². The molecule has 0 amide bonds. The predicted octanol–water partition coefficient (Wildman–Crippen LogP) is 4.13. The number of nitrogens with zero attached hydrogens (tertiary/aromatic N) is 1. The lowest BCUT2D eigenvalue weighted by molar-refractivity contribution is 0.750. The van der Waals surface area contributed by atoms with Gasteiger partial charge in [-0.1, -0.05) is 57.2 Å². The molecular formula is C16H21NSi. The first-order chi connectivity index (χ1) is 8.56. The van der Waals surface area contributed by atoms with Crippen molar-refractivity contribution in [2.24, 2.45) is 0 Å². The van der Waals surface area contributed by atoms with Gasteiger partial charge in [0.25, 0.3) is 0 Å². The van der Waals surface area contributed by atoms with Gasteiger partial charge in [0, 0.05) is 11.4 Å². The average molecular weight is 255 g/mol. The van der Waals surface area contributed by atoms with Crippen molar-refractivity contribution in [3.63, 3.8) is 0 Å². The Hall–Kier alpha value is -1.54. The van der Waals surface area contributed by atoms with Crippen LogP contribution in [0.1, 0.15) is 20.8 Å². The maximum absolute atomic E-state index is 2.51. The van der Waals surface area contributed by atoms with Crippen molar-refractivity contribution in [1.82, 2.24) is 0 Å². The van der Waals surface area contributed by atoms with E-state index in [1.165, 1.54) is 11.4 Å². The van der Waals surface area contributed by atoms with Gasteiger partial charge in [0.05, 0.1) is 0 Å². The van der Waals surface area contributed by atoms with E-state index >= 15 is 0 Å². The number of anilines is 2. The van der Waals surface area contributed by atoms with Gasteiger partial charge in [-0.05, 0) is 29.3 Å². The quantitative estimate of drug-likeness (QED) is 0.746. The molecule has 0 aromatic heterocycles. The van der Waals surface area contributed by atoms with E-state index in [2.05, 4.69) is 86.0 Å². The van der Waals surface area contributed by atoms with Gasteiger partial charge in [0.2, 0.25) is 0 Å². The second-order valence-corrected chi connectivity index (χ2v) is 8.89. The van der Waals surface area contributed by atoms with E-state index in [9.17, 15) is 0 Å². The maximum atomic E-state index is 2.51. The summed E-state index contributed by atoms with van der Waals surface area (Å²) in [5, 5.41) is 0.395. The second-order valence-electron chi connectivity index (χ2n) is 5.82. The summed E-state index contributed by atoms with van der Waals surface area (Å²) in [7, 11) is -0.400. The van der Waals surface area contributed by atoms with Crippen molar-refractivity contribution in [3.05, 3.63) is 60.7 Å². The molecule has 0 N–H and O–H groups in total. The lowest BCUT2D eigenvalue weighted by Crippen LogP contribution is -2.29. The van der Waals surface area contributed by atoms with Crippen LogP contribution in [0.25, 0.3) is 0 Å². The smallest absolute Gasteiger partial charge is 0.135 e. The summed E-state index contributed by atoms with van der Waals surface area (Å²) in [4.78, 5) is 0. The largest absolute Gasteiger partial charge is 0.374 e. The molecule has 0 heterocycles. The third kappa shape index (κ3) is 3.47. The van der Waals surface area contributed by atoms with E-state index in [4.69, 9.17) is 0 Å². The predicted molar refractivity (Wildman–Crippen MR) is 83.3 cm³/mol. The van der Waals surface area contributed by atoms with Crippen LogP contribution in [0.4, 0.5) is 11.4 Å². The lowest BCUT2D eigenvalue weighted by atomic mass is 10.2. The van der Waals surface area contributed by atoms with E-state index in [0.717, 1.165) is 0 Å². The highest BCUT2D eigenvalue weighted by Crippen LogP contribution is 2.30. The third-order valence-corrected chi connectivity index (χ3v) is 4.76. The van der Waals surface area contributed by atoms with Crippen molar-refractivity contribution in [1.29, 1.82) is 0 Å². The van der Waals surface area contributed by atoms with Crippen molar-refractivity contribution in [2.45, 2.75) is 25.8 Å². The molecule has 18 heavy (non-hydrogen) atoms. The number of para-hydroxylation sites is 2. The standard InChI is InChI=1S/C16H21NSi/c1-16(2,3)18-17(14-10-6-4-7-11-14)15-12-8-5-9-13-15/h4-13H,18H2,1-3H3. The summed E-state index contributed by atoms with van der Waals surface area (Å²) in [6.07, 6.45) is 0. The zero-order chi connectivity index (χ0) is 13.0. The Morgan fingerprint density at radius 3 is 1.44 bits per heavy atom. The number of hydrogen-bond acceptors (Lipinski definition) is 1. The van der Waals surface area contributed by atoms with Crippen molar-refractivity contribution in [3.8, 4) is 0 Å². The highest BCUT2D eigenvalue weighted by atomic mass is 28.2. The minimum atomic E-state index is -0.400. The normalized spacial score (nSPS) is 11.9. The van der Waals surface area contributed by atoms with Gasteiger partial charge in [-0.3, -0.25) is 0 Å². The molecule has 0 radical (unpaired) electrons. The maximum Gasteiger partial charge on any atom is 0.135 e. The van der Waals surface area contributed by atoms with Crippen LogP contribution in [0.15, 0.2) is 60.7 Å². The van der Waals surface area contributed by atoms with E-state index in [1.54, 1.807) is 0 Å². The van der Waals surface area contributed by atoms with Crippen LogP contribution >= 0.6 is 0 Å². The van der Waals surface area contributed by atoms with Crippen LogP contribution < -0.4 is 4.57 Å². The fourth-order valence-corrected chi connectivity index (χ4v) is 3.76. The molecule has 0 bridgehead atoms. The molecule has 0 fully saturated rings. The Labute approximate surface area is 112 Å². The second kappa shape index (κ2) is 5.40. The number of benzene rings is 2. The third-order valence-electron chi connectivity index (χ3n) is 2.77. The summed E-state index contributed by atoms with van der Waals surface area (Å²) >= 11 is 0. The fourth-order valence-electron chi connectivity index (χ4n) is 2.02. The summed E-state index contributed by atoms with van der Waals surface area (Å²) in [5.74, 6) is 0. The van der Waals surface area contributed by atoms with Gasteiger partial charge in [0.15, 0.2) is 0 Å². The summed E-state index contributed by atoms with van der Waals surface area (Å²) in [6.45, 7) is 6.99. The molecule has 2 rings (SSSR count). The minimum absolute atomic E-state index is 0.395. The molecule has 2 aromatic carbocycles. The number of rotatable bonds is 3. The van der Waals surface area contributed by atoms with Crippen molar-refractivity contribution >= 4 is 21.1 Å². The zero-order valence-corrected chi connectivity index (χ0v) is 12.8. The van der Waals surface area contributed by atoms with Gasteiger partial charge in [-0.25, -0.2) is 0 Å². The van der Waals surface area contributed by atoms with Gasteiger partial charge in [0.1, 0.15) is 9.68 Å². The highest BCUT2D eigenvalue weighted by molar-refractivity contribution is 6.47. The molecule has 0 saturated heterocycles. The summed E-state index contributed by atoms with van der Waals surface area (Å²) < 4.78 is 2.51. The summed E-state index contributed by atoms with van der Waals surface area (Å²) in [5.41, 5.74) is 2.62. The van der Waals surface area contributed by atoms with Gasteiger partial charge < -0.3 is 4.57 Å². The summed E-state index contributed by atoms with van der Waals surface area (Å²) in [6, 6.07) is 21.4. The minimum Gasteiger partial charge on any atom is -0.374 e. The molecule has 1 nitrogen and oxygen atoms in total. The van der Waals surface area contributed by atoms with Crippen molar-refractivity contribution in [2.75, 3.05) is 4.57 Å². The molecule has 94 valence electrons. The monoisotopic (exact) mass is 255 g/mol. The number of hydrogen-bond donors (Lipinski definition) is 0. The Balaban J connectivity index is 2.36. The lowest BCUT2D eigenvalue weighted by Gasteiger charge is -2.31. The van der Waals surface area contributed by atoms with Gasteiger partial charge in [-0.15, -0.1) is 0 Å². The Morgan fingerprint density at radius 1 is 0.722 bits per heavy atom. The van der Waals surface area contributed by atoms with Crippen LogP contribution in [0.5, 0.6) is 0 Å². The topological polar surface area (TPSA) is 3.24 Å². The molecular weight excluding hydrogens is 234 g/mol. The molecule has 0 atom stereocenters. The molecule has 0 aliphatic rings. The Bertz CT molecular complexity index is 434. The molecule has 2 heteroatoms. The first kappa shape index (κ1) is 12.9. The van der Waals surface area contributed by atoms with E-state index in [1.807, 2.05) is 0 Å². The first-order valence-electron chi connectivity index (χ1n) is 6.44. The van der Waals surface area contributed by atoms with Gasteiger partial charge >= 0.3 is 0 Å². The SMILES string of the molecule is CC(C)(C)[SiH2]N(c1ccccc1)c1ccccc1. The molecule has 0 spiro atoms. The van der Waals surface area contributed by atoms with Crippen LogP contribution in [0.3, 0.4) is 0 Å². The molecule has 0 unspecified atom stereocenters. The van der Waals surface area contributed by atoms with Gasteiger partial charge in [-0.2, -0.15) is 0 Å². The van der Waals surface area contributed by atoms with Crippen LogP contribution in [-0.2, 0) is 0 Å². The van der Waals surface area contributed by atoms with E-state index in [-0.39, 0.29) is 0 Å². The molecule has 0 aliphatic heterocycles. The fraction of sp³-hybridized carbons (Fsp3) is 0.250. The zero-order valence-electron chi connectivity index (χ0n) is 11.4. The Morgan fingerprint density at radius 2 is 1.11 bits per heavy atom. The first-order valence-corrected chi connectivity index (χ1v) is 7.78. The highest BCUT2D eigenvalue weighted by Gasteiger charge is 2.18. The van der Waals surface area contributed by atoms with E-state index in [0.29, 0.717) is 5.04 Å². The Kier molecular flexibility index (Phi) is 3.87. The molecule has 0 saturated carbocycles. The van der Waals surface area contributed by atoms with E-state index < -0.39 is 9.68 Å². The average Bonchev–Trinajstić information content (AvgIpc) is 2.37. The van der Waals surface area contributed by atoms with Crippen LogP contribution in [-0.4, -0.2) is 9.68 Å². The molecule has 2 aromatic rings. The van der Waals surface area contributed by atoms with Crippen molar-refractivity contribution < 1.29 is 0 Å². The molecule has 0 aliphatic carbocycles.